The Labute approximate surface area is 217 Å². The fourth-order valence-electron chi connectivity index (χ4n) is 4.61. The molecule has 1 aliphatic heterocycles. The molecule has 5 N–H and O–H groups in total. The number of nitrogen functional groups attached to an aromatic ring is 1. The third-order valence-electron chi connectivity index (χ3n) is 6.57. The number of fused-ring (bicyclic) bond motifs is 1. The highest BCUT2D eigenvalue weighted by molar-refractivity contribution is 7.19. The van der Waals surface area contributed by atoms with Crippen molar-refractivity contribution in [3.63, 3.8) is 0 Å². The number of alkyl halides is 2. The maximum Gasteiger partial charge on any atom is 0.265 e. The van der Waals surface area contributed by atoms with Crippen LogP contribution in [0.4, 0.5) is 28.4 Å². The number of imidazole rings is 1. The van der Waals surface area contributed by atoms with Gasteiger partial charge in [-0.25, -0.2) is 37.5 Å². The largest absolute Gasteiger partial charge is 0.494 e. The number of nitrogens with two attached hydrogens (primary N) is 2. The van der Waals surface area contributed by atoms with Crippen LogP contribution in [0.5, 0.6) is 5.75 Å². The second-order valence-electron chi connectivity index (χ2n) is 9.08. The Balaban J connectivity index is 1.59. The van der Waals surface area contributed by atoms with Crippen molar-refractivity contribution < 1.29 is 27.4 Å². The van der Waals surface area contributed by atoms with E-state index in [0.717, 1.165) is 23.5 Å². The van der Waals surface area contributed by atoms with E-state index >= 15 is 0 Å². The summed E-state index contributed by atoms with van der Waals surface area (Å²) >= 11 is 1.06. The van der Waals surface area contributed by atoms with Crippen molar-refractivity contribution >= 4 is 33.3 Å². The summed E-state index contributed by atoms with van der Waals surface area (Å²) in [6.45, 7) is 0.444. The summed E-state index contributed by atoms with van der Waals surface area (Å²) in [7, 11) is 1.23. The maximum atomic E-state index is 15.0. The number of aromatic nitrogens is 5. The van der Waals surface area contributed by atoms with Gasteiger partial charge in [0.1, 0.15) is 33.8 Å². The summed E-state index contributed by atoms with van der Waals surface area (Å²) in [5, 5.41) is 10.8. The fraction of sp³-hybridized carbons (Fsp3) is 0.391. The van der Waals surface area contributed by atoms with Crippen LogP contribution in [0.25, 0.3) is 21.7 Å². The first-order chi connectivity index (χ1) is 18.1. The molecule has 1 saturated heterocycles. The highest BCUT2D eigenvalue weighted by Crippen LogP contribution is 2.40. The molecule has 0 amide bonds. The summed E-state index contributed by atoms with van der Waals surface area (Å²) in [6, 6.07) is 1.92. The van der Waals surface area contributed by atoms with Crippen LogP contribution in [-0.2, 0) is 6.54 Å². The van der Waals surface area contributed by atoms with Crippen molar-refractivity contribution in [2.24, 2.45) is 5.73 Å². The molecule has 2 atom stereocenters. The van der Waals surface area contributed by atoms with Gasteiger partial charge in [0, 0.05) is 24.7 Å². The number of rotatable bonds is 7. The van der Waals surface area contributed by atoms with Crippen molar-refractivity contribution in [1.82, 2.24) is 24.5 Å². The van der Waals surface area contributed by atoms with E-state index in [9.17, 15) is 22.7 Å². The van der Waals surface area contributed by atoms with Crippen LogP contribution < -0.4 is 21.1 Å². The number of benzene rings is 1. The van der Waals surface area contributed by atoms with Gasteiger partial charge >= 0.3 is 0 Å². The molecule has 10 nitrogen and oxygen atoms in total. The van der Waals surface area contributed by atoms with Gasteiger partial charge in [-0.05, 0) is 18.9 Å². The van der Waals surface area contributed by atoms with E-state index in [4.69, 9.17) is 16.2 Å². The molecule has 0 aliphatic carbocycles. The molecule has 202 valence electrons. The summed E-state index contributed by atoms with van der Waals surface area (Å²) in [4.78, 5) is 18.7. The van der Waals surface area contributed by atoms with E-state index in [2.05, 4.69) is 19.9 Å². The van der Waals surface area contributed by atoms with E-state index < -0.39 is 29.7 Å². The number of anilines is 2. The summed E-state index contributed by atoms with van der Waals surface area (Å²) < 4.78 is 62.7. The predicted molar refractivity (Wildman–Crippen MR) is 133 cm³/mol. The Bertz CT molecular complexity index is 1480. The Morgan fingerprint density at radius 3 is 2.74 bits per heavy atom. The number of hydrogen-bond acceptors (Lipinski definition) is 10. The second kappa shape index (κ2) is 9.96. The number of methoxy groups -OCH3 is 1. The average molecular weight is 553 g/mol. The molecule has 1 aromatic carbocycles. The molecule has 0 bridgehead atoms. The first-order valence-corrected chi connectivity index (χ1v) is 12.4. The molecule has 5 rings (SSSR count). The van der Waals surface area contributed by atoms with E-state index in [1.165, 1.54) is 19.8 Å². The van der Waals surface area contributed by atoms with Gasteiger partial charge in [-0.3, -0.25) is 0 Å². The lowest BCUT2D eigenvalue weighted by atomic mass is 9.85. The lowest BCUT2D eigenvalue weighted by molar-refractivity contribution is -0.0529. The van der Waals surface area contributed by atoms with Crippen LogP contribution >= 0.6 is 11.3 Å². The number of aliphatic hydroxyl groups is 1. The monoisotopic (exact) mass is 552 g/mol. The molecule has 0 spiro atoms. The predicted octanol–water partition coefficient (Wildman–Crippen LogP) is 2.79. The van der Waals surface area contributed by atoms with Crippen LogP contribution in [0.15, 0.2) is 24.8 Å². The summed E-state index contributed by atoms with van der Waals surface area (Å²) in [5.74, 6) is -1.58. The molecular formula is C23H24F4N8O2S. The number of thiazole rings is 1. The molecule has 38 heavy (non-hydrogen) atoms. The SMILES string of the molecule is COc1cc(F)c(-c2nc(Cn3cnc4c(N)ncnc43)c(N3CCC[C@@](N)([C@H](O)C(F)F)C3)s2)cc1F. The number of ether oxygens (including phenoxy) is 1. The number of aliphatic hydroxyl groups excluding tert-OH is 1. The van der Waals surface area contributed by atoms with Crippen LogP contribution in [0, 0.1) is 11.6 Å². The standard InChI is InChI=1S/C23H24F4N8O2S/c1-37-15-6-12(24)11(5-13(15)25)21-33-14(7-35-10-32-16-19(28)30-9-31-20(16)35)22(38-21)34-4-2-3-23(29,8-34)17(36)18(26)27/h5-6,9-10,17-18,36H,2-4,7-8,29H2,1H3,(H2,28,30,31)/t17-,23+/m1/s1. The van der Waals surface area contributed by atoms with Gasteiger partial charge in [0.05, 0.1) is 31.2 Å². The summed E-state index contributed by atoms with van der Waals surface area (Å²) in [5.41, 5.74) is 11.7. The van der Waals surface area contributed by atoms with Crippen LogP contribution in [0.3, 0.4) is 0 Å². The van der Waals surface area contributed by atoms with E-state index in [1.807, 2.05) is 0 Å². The Morgan fingerprint density at radius 1 is 1.21 bits per heavy atom. The number of hydrogen-bond donors (Lipinski definition) is 3. The van der Waals surface area contributed by atoms with Crippen molar-refractivity contribution in [3.05, 3.63) is 42.1 Å². The van der Waals surface area contributed by atoms with Crippen LogP contribution in [-0.4, -0.2) is 67.9 Å². The third-order valence-corrected chi connectivity index (χ3v) is 7.76. The van der Waals surface area contributed by atoms with Gasteiger partial charge in [-0.2, -0.15) is 0 Å². The highest BCUT2D eigenvalue weighted by Gasteiger charge is 2.43. The normalized spacial score (nSPS) is 18.9. The summed E-state index contributed by atoms with van der Waals surface area (Å²) in [6.07, 6.45) is -1.65. The number of halogens is 4. The minimum absolute atomic E-state index is 0.0909. The molecule has 1 aliphatic rings. The third kappa shape index (κ3) is 4.61. The number of piperidine rings is 1. The Hall–Kier alpha value is -3.56. The molecule has 1 fully saturated rings. The fourth-order valence-corrected chi connectivity index (χ4v) is 5.73. The lowest BCUT2D eigenvalue weighted by Crippen LogP contribution is -2.63. The van der Waals surface area contributed by atoms with Gasteiger partial charge in [0.2, 0.25) is 0 Å². The first-order valence-electron chi connectivity index (χ1n) is 11.6. The van der Waals surface area contributed by atoms with Gasteiger partial charge in [-0.1, -0.05) is 11.3 Å². The first kappa shape index (κ1) is 26.1. The molecule has 4 aromatic rings. The second-order valence-corrected chi connectivity index (χ2v) is 10.1. The van der Waals surface area contributed by atoms with E-state index in [-0.39, 0.29) is 41.6 Å². The molecule has 0 saturated carbocycles. The quantitative estimate of drug-likeness (QED) is 0.295. The van der Waals surface area contributed by atoms with Gasteiger partial charge in [0.25, 0.3) is 6.43 Å². The highest BCUT2D eigenvalue weighted by atomic mass is 32.1. The Morgan fingerprint density at radius 2 is 2.00 bits per heavy atom. The molecular weight excluding hydrogens is 528 g/mol. The minimum Gasteiger partial charge on any atom is -0.494 e. The van der Waals surface area contributed by atoms with Crippen molar-refractivity contribution in [3.8, 4) is 16.3 Å². The topological polar surface area (TPSA) is 141 Å². The van der Waals surface area contributed by atoms with Gasteiger partial charge < -0.3 is 30.8 Å². The smallest absolute Gasteiger partial charge is 0.265 e. The molecule has 3 aromatic heterocycles. The zero-order valence-corrected chi connectivity index (χ0v) is 20.9. The molecule has 15 heteroatoms. The number of nitrogens with zero attached hydrogens (tertiary/aromatic N) is 6. The molecule has 0 radical (unpaired) electrons. The van der Waals surface area contributed by atoms with Crippen molar-refractivity contribution in [2.75, 3.05) is 30.8 Å². The average Bonchev–Trinajstić information content (AvgIpc) is 3.50. The zero-order valence-electron chi connectivity index (χ0n) is 20.1. The Kier molecular flexibility index (Phi) is 6.83. The zero-order chi connectivity index (χ0) is 27.2. The molecule has 0 unspecified atom stereocenters. The van der Waals surface area contributed by atoms with E-state index in [1.54, 1.807) is 9.47 Å². The van der Waals surface area contributed by atoms with Gasteiger partial charge in [0.15, 0.2) is 23.0 Å². The van der Waals surface area contributed by atoms with E-state index in [0.29, 0.717) is 34.8 Å². The van der Waals surface area contributed by atoms with Crippen LogP contribution in [0.2, 0.25) is 0 Å². The van der Waals surface area contributed by atoms with Crippen molar-refractivity contribution in [1.29, 1.82) is 0 Å². The lowest BCUT2D eigenvalue weighted by Gasteiger charge is -2.43. The molecule has 4 heterocycles. The minimum atomic E-state index is -3.02. The van der Waals surface area contributed by atoms with Crippen LogP contribution in [0.1, 0.15) is 18.5 Å². The maximum absolute atomic E-state index is 15.0. The van der Waals surface area contributed by atoms with Gasteiger partial charge in [-0.15, -0.1) is 0 Å². The van der Waals surface area contributed by atoms with Crippen molar-refractivity contribution in [2.45, 2.75) is 37.5 Å².